The zero-order valence-corrected chi connectivity index (χ0v) is 10.3. The predicted molar refractivity (Wildman–Crippen MR) is 64.3 cm³/mol. The van der Waals surface area contributed by atoms with E-state index in [1.54, 1.807) is 6.20 Å². The van der Waals surface area contributed by atoms with Crippen molar-refractivity contribution in [1.29, 1.82) is 0 Å². The van der Waals surface area contributed by atoms with Crippen LogP contribution < -0.4 is 5.32 Å². The van der Waals surface area contributed by atoms with E-state index in [1.165, 1.54) is 0 Å². The molecule has 1 N–H and O–H groups in total. The van der Waals surface area contributed by atoms with E-state index < -0.39 is 0 Å². The highest BCUT2D eigenvalue weighted by Crippen LogP contribution is 2.13. The number of hydrogen-bond donors (Lipinski definition) is 1. The van der Waals surface area contributed by atoms with Crippen LogP contribution in [0.15, 0.2) is 18.3 Å². The minimum Gasteiger partial charge on any atom is -0.311 e. The second kappa shape index (κ2) is 5.33. The summed E-state index contributed by atoms with van der Waals surface area (Å²) in [6.45, 7) is 11.7. The zero-order valence-electron chi connectivity index (χ0n) is 9.55. The quantitative estimate of drug-likeness (QED) is 0.783. The number of nitrogens with one attached hydrogen (secondary N) is 1. The van der Waals surface area contributed by atoms with Gasteiger partial charge in [-0.3, -0.25) is 4.68 Å². The van der Waals surface area contributed by atoms with Gasteiger partial charge in [0.2, 0.25) is 0 Å². The van der Waals surface area contributed by atoms with E-state index in [-0.39, 0.29) is 0 Å². The van der Waals surface area contributed by atoms with Crippen molar-refractivity contribution >= 4 is 11.6 Å². The summed E-state index contributed by atoms with van der Waals surface area (Å²) in [6.07, 6.45) is 1.67. The molecule has 0 aliphatic heterocycles. The fraction of sp³-hybridized carbons (Fsp3) is 0.545. The Morgan fingerprint density at radius 1 is 1.67 bits per heavy atom. The highest BCUT2D eigenvalue weighted by atomic mass is 35.5. The SMILES string of the molecule is C=C(CNC(C)C)Cn1ncc(Cl)c1C. The van der Waals surface area contributed by atoms with Gasteiger partial charge in [-0.1, -0.05) is 32.0 Å². The average Bonchev–Trinajstić information content (AvgIpc) is 2.47. The van der Waals surface area contributed by atoms with Crippen molar-refractivity contribution in [3.05, 3.63) is 29.1 Å². The molecule has 1 heterocycles. The maximum absolute atomic E-state index is 5.91. The molecule has 1 aromatic rings. The van der Waals surface area contributed by atoms with Crippen LogP contribution in [0.3, 0.4) is 0 Å². The molecule has 0 spiro atoms. The monoisotopic (exact) mass is 227 g/mol. The lowest BCUT2D eigenvalue weighted by Crippen LogP contribution is -2.26. The Morgan fingerprint density at radius 2 is 2.33 bits per heavy atom. The van der Waals surface area contributed by atoms with Crippen LogP contribution in [-0.4, -0.2) is 22.4 Å². The molecule has 0 atom stereocenters. The first-order valence-electron chi connectivity index (χ1n) is 5.08. The molecule has 0 aliphatic rings. The van der Waals surface area contributed by atoms with Crippen molar-refractivity contribution in [3.8, 4) is 0 Å². The van der Waals surface area contributed by atoms with Crippen LogP contribution in [0.1, 0.15) is 19.5 Å². The number of aromatic nitrogens is 2. The average molecular weight is 228 g/mol. The molecule has 0 saturated heterocycles. The minimum atomic E-state index is 0.476. The highest BCUT2D eigenvalue weighted by Gasteiger charge is 2.05. The summed E-state index contributed by atoms with van der Waals surface area (Å²) in [5.74, 6) is 0. The Balaban J connectivity index is 2.48. The Hall–Kier alpha value is -0.800. The van der Waals surface area contributed by atoms with Crippen LogP contribution in [-0.2, 0) is 6.54 Å². The van der Waals surface area contributed by atoms with Crippen LogP contribution in [0.5, 0.6) is 0 Å². The topological polar surface area (TPSA) is 29.9 Å². The van der Waals surface area contributed by atoms with Crippen LogP contribution in [0.25, 0.3) is 0 Å². The van der Waals surface area contributed by atoms with E-state index in [0.717, 1.165) is 24.4 Å². The fourth-order valence-electron chi connectivity index (χ4n) is 1.20. The molecular formula is C11H18ClN3. The molecule has 4 heteroatoms. The van der Waals surface area contributed by atoms with Gasteiger partial charge in [0.05, 0.1) is 23.5 Å². The highest BCUT2D eigenvalue weighted by molar-refractivity contribution is 6.31. The Bertz CT molecular complexity index is 342. The largest absolute Gasteiger partial charge is 0.311 e. The van der Waals surface area contributed by atoms with Crippen LogP contribution in [0, 0.1) is 6.92 Å². The molecule has 15 heavy (non-hydrogen) atoms. The molecule has 0 unspecified atom stereocenters. The van der Waals surface area contributed by atoms with Gasteiger partial charge in [0.1, 0.15) is 0 Å². The first-order chi connectivity index (χ1) is 7.00. The van der Waals surface area contributed by atoms with Crippen molar-refractivity contribution < 1.29 is 0 Å². The normalized spacial score (nSPS) is 11.0. The Kier molecular flexibility index (Phi) is 4.36. The standard InChI is InChI=1S/C11H18ClN3/c1-8(2)13-5-9(3)7-15-10(4)11(12)6-14-15/h6,8,13H,3,5,7H2,1-2,4H3. The maximum Gasteiger partial charge on any atom is 0.0815 e. The van der Waals surface area contributed by atoms with Crippen LogP contribution in [0.4, 0.5) is 0 Å². The van der Waals surface area contributed by atoms with Gasteiger partial charge < -0.3 is 5.32 Å². The van der Waals surface area contributed by atoms with Gasteiger partial charge >= 0.3 is 0 Å². The van der Waals surface area contributed by atoms with Gasteiger partial charge in [-0.05, 0) is 12.5 Å². The lowest BCUT2D eigenvalue weighted by atomic mass is 10.2. The van der Waals surface area contributed by atoms with Gasteiger partial charge in [0.25, 0.3) is 0 Å². The Labute approximate surface area is 96.1 Å². The van der Waals surface area contributed by atoms with Crippen molar-refractivity contribution in [1.82, 2.24) is 15.1 Å². The minimum absolute atomic E-state index is 0.476. The number of hydrogen-bond acceptors (Lipinski definition) is 2. The molecule has 84 valence electrons. The molecule has 0 aromatic carbocycles. The first kappa shape index (κ1) is 12.3. The van der Waals surface area contributed by atoms with E-state index in [9.17, 15) is 0 Å². The van der Waals surface area contributed by atoms with Crippen molar-refractivity contribution in [2.75, 3.05) is 6.54 Å². The molecule has 0 fully saturated rings. The second-order valence-electron chi connectivity index (χ2n) is 4.02. The lowest BCUT2D eigenvalue weighted by Gasteiger charge is -2.11. The van der Waals surface area contributed by atoms with E-state index in [0.29, 0.717) is 11.1 Å². The van der Waals surface area contributed by atoms with E-state index in [1.807, 2.05) is 11.6 Å². The number of nitrogens with zero attached hydrogens (tertiary/aromatic N) is 2. The molecule has 0 amide bonds. The lowest BCUT2D eigenvalue weighted by molar-refractivity contribution is 0.583. The first-order valence-corrected chi connectivity index (χ1v) is 5.46. The third-order valence-corrected chi connectivity index (χ3v) is 2.55. The smallest absolute Gasteiger partial charge is 0.0815 e. The van der Waals surface area contributed by atoms with Crippen molar-refractivity contribution in [3.63, 3.8) is 0 Å². The van der Waals surface area contributed by atoms with Gasteiger partial charge in [-0.2, -0.15) is 5.10 Å². The second-order valence-corrected chi connectivity index (χ2v) is 4.43. The van der Waals surface area contributed by atoms with E-state index in [2.05, 4.69) is 30.8 Å². The summed E-state index contributed by atoms with van der Waals surface area (Å²) in [4.78, 5) is 0. The molecular weight excluding hydrogens is 210 g/mol. The fourth-order valence-corrected chi connectivity index (χ4v) is 1.34. The Morgan fingerprint density at radius 3 is 2.80 bits per heavy atom. The summed E-state index contributed by atoms with van der Waals surface area (Å²) in [7, 11) is 0. The molecule has 3 nitrogen and oxygen atoms in total. The number of halogens is 1. The van der Waals surface area contributed by atoms with Crippen LogP contribution in [0.2, 0.25) is 5.02 Å². The van der Waals surface area contributed by atoms with Gasteiger partial charge in [-0.25, -0.2) is 0 Å². The predicted octanol–water partition coefficient (Wildman–Crippen LogP) is 2.40. The molecule has 0 aliphatic carbocycles. The summed E-state index contributed by atoms with van der Waals surface area (Å²) in [5.41, 5.74) is 2.09. The third kappa shape index (κ3) is 3.68. The molecule has 0 bridgehead atoms. The third-order valence-electron chi connectivity index (χ3n) is 2.18. The number of rotatable bonds is 5. The molecule has 1 rings (SSSR count). The summed E-state index contributed by atoms with van der Waals surface area (Å²) < 4.78 is 1.87. The van der Waals surface area contributed by atoms with Crippen LogP contribution >= 0.6 is 11.6 Å². The van der Waals surface area contributed by atoms with Gasteiger partial charge in [0, 0.05) is 12.6 Å². The molecule has 0 radical (unpaired) electrons. The van der Waals surface area contributed by atoms with Crippen molar-refractivity contribution in [2.45, 2.75) is 33.4 Å². The summed E-state index contributed by atoms with van der Waals surface area (Å²) in [5, 5.41) is 8.20. The van der Waals surface area contributed by atoms with E-state index >= 15 is 0 Å². The van der Waals surface area contributed by atoms with E-state index in [4.69, 9.17) is 11.6 Å². The molecule has 0 saturated carbocycles. The van der Waals surface area contributed by atoms with Crippen molar-refractivity contribution in [2.24, 2.45) is 0 Å². The van der Waals surface area contributed by atoms with Gasteiger partial charge in [-0.15, -0.1) is 0 Å². The maximum atomic E-state index is 5.91. The summed E-state index contributed by atoms with van der Waals surface area (Å²) >= 11 is 5.91. The zero-order chi connectivity index (χ0) is 11.4. The van der Waals surface area contributed by atoms with Gasteiger partial charge in [0.15, 0.2) is 0 Å². The molecule has 1 aromatic heterocycles. The summed E-state index contributed by atoms with van der Waals surface area (Å²) in [6, 6.07) is 0.476.